The van der Waals surface area contributed by atoms with Crippen molar-refractivity contribution in [2.75, 3.05) is 22.9 Å². The molecular weight excluding hydrogens is 634 g/mol. The van der Waals surface area contributed by atoms with Crippen LogP contribution in [0.15, 0.2) is 36.4 Å². The molecule has 0 unspecified atom stereocenters. The normalized spacial score (nSPS) is 15.1. The molecule has 42 heavy (non-hydrogen) atoms. The summed E-state index contributed by atoms with van der Waals surface area (Å²) in [5.41, 5.74) is 0.477. The summed E-state index contributed by atoms with van der Waals surface area (Å²) in [5.74, 6) is -1.03. The van der Waals surface area contributed by atoms with Crippen molar-refractivity contribution in [3.63, 3.8) is 0 Å². The summed E-state index contributed by atoms with van der Waals surface area (Å²) in [6, 6.07) is 5.76. The van der Waals surface area contributed by atoms with E-state index in [1.807, 2.05) is 0 Å². The monoisotopic (exact) mass is 658 g/mol. The topological polar surface area (TPSA) is 139 Å². The van der Waals surface area contributed by atoms with Crippen molar-refractivity contribution in [2.24, 2.45) is 0 Å². The summed E-state index contributed by atoms with van der Waals surface area (Å²) in [7, 11) is 0. The van der Waals surface area contributed by atoms with Gasteiger partial charge in [0.05, 0.1) is 11.4 Å². The molecule has 2 fully saturated rings. The first-order valence-electron chi connectivity index (χ1n) is 12.4. The van der Waals surface area contributed by atoms with E-state index in [2.05, 4.69) is 10.6 Å². The number of carbonyl (C=O) groups excluding carboxylic acids is 6. The molecule has 2 heterocycles. The summed E-state index contributed by atoms with van der Waals surface area (Å²) >= 11 is 23.5. The zero-order valence-electron chi connectivity index (χ0n) is 22.8. The standard InChI is InChI=1S/2C13H13Cl2N3O3/c2*1-7(2)16-12(20)17-6-11(19)18(13(17)21)10-4-8(14)3-9(15)5-10/h2*3-5,7H,6H2,1-2H3,(H,16,20). The predicted octanol–water partition coefficient (Wildman–Crippen LogP) is 5.76. The molecule has 0 bridgehead atoms. The Kier molecular flexibility index (Phi) is 10.7. The third-order valence-corrected chi connectivity index (χ3v) is 6.33. The molecule has 12 nitrogen and oxygen atoms in total. The van der Waals surface area contributed by atoms with Gasteiger partial charge in [-0.3, -0.25) is 9.59 Å². The summed E-state index contributed by atoms with van der Waals surface area (Å²) in [6.45, 7) is 6.40. The zero-order valence-corrected chi connectivity index (χ0v) is 25.8. The van der Waals surface area contributed by atoms with E-state index in [1.54, 1.807) is 27.7 Å². The molecule has 2 saturated heterocycles. The van der Waals surface area contributed by atoms with Crippen LogP contribution in [0.25, 0.3) is 0 Å². The highest BCUT2D eigenvalue weighted by Crippen LogP contribution is 2.30. The van der Waals surface area contributed by atoms with Crippen LogP contribution >= 0.6 is 46.4 Å². The van der Waals surface area contributed by atoms with Gasteiger partial charge in [0.15, 0.2) is 0 Å². The SMILES string of the molecule is CC(C)NC(=O)N1CC(=O)N(c2cc(Cl)cc(Cl)c2)C1=O.CC(C)NC(=O)N1CC(=O)N(c2cc(Cl)cc(Cl)c2)C1=O. The quantitative estimate of drug-likeness (QED) is 0.400. The van der Waals surface area contributed by atoms with Gasteiger partial charge in [0.1, 0.15) is 13.1 Å². The van der Waals surface area contributed by atoms with Crippen LogP contribution in [0.1, 0.15) is 27.7 Å². The first-order chi connectivity index (χ1) is 19.6. The fourth-order valence-corrected chi connectivity index (χ4v) is 4.84. The lowest BCUT2D eigenvalue weighted by atomic mass is 10.3. The van der Waals surface area contributed by atoms with Crippen molar-refractivity contribution in [1.82, 2.24) is 20.4 Å². The van der Waals surface area contributed by atoms with Gasteiger partial charge < -0.3 is 10.6 Å². The van der Waals surface area contributed by atoms with E-state index >= 15 is 0 Å². The van der Waals surface area contributed by atoms with E-state index in [-0.39, 0.29) is 36.5 Å². The average molecular weight is 660 g/mol. The minimum Gasteiger partial charge on any atom is -0.335 e. The third kappa shape index (κ3) is 7.82. The first kappa shape index (κ1) is 32.9. The number of rotatable bonds is 4. The van der Waals surface area contributed by atoms with Gasteiger partial charge in [-0.15, -0.1) is 0 Å². The highest BCUT2D eigenvalue weighted by molar-refractivity contribution is 6.36. The maximum Gasteiger partial charge on any atom is 0.340 e. The van der Waals surface area contributed by atoms with Crippen LogP contribution in [0.4, 0.5) is 30.6 Å². The Morgan fingerprint density at radius 2 is 0.881 bits per heavy atom. The van der Waals surface area contributed by atoms with Gasteiger partial charge >= 0.3 is 24.1 Å². The molecule has 2 aromatic rings. The Hall–Kier alpha value is -3.58. The molecule has 0 saturated carbocycles. The van der Waals surface area contributed by atoms with Crippen LogP contribution in [0.2, 0.25) is 20.1 Å². The Labute approximate surface area is 261 Å². The highest BCUT2D eigenvalue weighted by Gasteiger charge is 2.42. The minimum atomic E-state index is -0.725. The predicted molar refractivity (Wildman–Crippen MR) is 159 cm³/mol. The Morgan fingerprint density at radius 1 is 0.595 bits per heavy atom. The van der Waals surface area contributed by atoms with Crippen molar-refractivity contribution in [2.45, 2.75) is 39.8 Å². The molecule has 0 atom stereocenters. The van der Waals surface area contributed by atoms with E-state index in [0.29, 0.717) is 20.1 Å². The number of benzene rings is 2. The number of nitrogens with zero attached hydrogens (tertiary/aromatic N) is 4. The number of nitrogens with one attached hydrogen (secondary N) is 2. The smallest absolute Gasteiger partial charge is 0.335 e. The molecule has 16 heteroatoms. The van der Waals surface area contributed by atoms with Crippen molar-refractivity contribution < 1.29 is 28.8 Å². The molecule has 2 aromatic carbocycles. The van der Waals surface area contributed by atoms with E-state index in [4.69, 9.17) is 46.4 Å². The Morgan fingerprint density at radius 3 is 1.14 bits per heavy atom. The second-order valence-corrected chi connectivity index (χ2v) is 11.4. The van der Waals surface area contributed by atoms with E-state index in [9.17, 15) is 28.8 Å². The van der Waals surface area contributed by atoms with Gasteiger partial charge in [-0.25, -0.2) is 38.8 Å². The van der Waals surface area contributed by atoms with E-state index in [0.717, 1.165) is 19.6 Å². The number of urea groups is 4. The zero-order chi connectivity index (χ0) is 31.5. The summed E-state index contributed by atoms with van der Waals surface area (Å²) < 4.78 is 0. The van der Waals surface area contributed by atoms with Gasteiger partial charge in [0.25, 0.3) is 11.8 Å². The molecule has 2 aliphatic heterocycles. The fourth-order valence-electron chi connectivity index (χ4n) is 3.81. The molecule has 224 valence electrons. The molecule has 10 amide bonds. The molecule has 0 aromatic heterocycles. The van der Waals surface area contributed by atoms with Crippen molar-refractivity contribution in [1.29, 1.82) is 0 Å². The van der Waals surface area contributed by atoms with Crippen LogP contribution in [0.3, 0.4) is 0 Å². The second kappa shape index (κ2) is 13.6. The number of halogens is 4. The molecule has 0 spiro atoms. The second-order valence-electron chi connectivity index (χ2n) is 9.66. The largest absolute Gasteiger partial charge is 0.340 e. The molecule has 0 radical (unpaired) electrons. The lowest BCUT2D eigenvalue weighted by molar-refractivity contribution is -0.117. The van der Waals surface area contributed by atoms with Gasteiger partial charge in [-0.05, 0) is 64.1 Å². The van der Waals surface area contributed by atoms with E-state index < -0.39 is 35.9 Å². The molecule has 2 aliphatic rings. The van der Waals surface area contributed by atoms with Crippen LogP contribution < -0.4 is 20.4 Å². The number of carbonyl (C=O) groups is 6. The molecular formula is C26H26Cl4N6O6. The summed E-state index contributed by atoms with van der Waals surface area (Å²) in [5, 5.41) is 6.31. The number of amides is 10. The lowest BCUT2D eigenvalue weighted by Gasteiger charge is -2.18. The first-order valence-corrected chi connectivity index (χ1v) is 13.9. The Balaban J connectivity index is 0.000000230. The molecule has 0 aliphatic carbocycles. The summed E-state index contributed by atoms with van der Waals surface area (Å²) in [6.07, 6.45) is 0. The number of hydrogen-bond acceptors (Lipinski definition) is 6. The number of anilines is 2. The maximum atomic E-state index is 12.2. The molecule has 2 N–H and O–H groups in total. The van der Waals surface area contributed by atoms with Crippen LogP contribution in [-0.2, 0) is 9.59 Å². The van der Waals surface area contributed by atoms with Gasteiger partial charge in [0, 0.05) is 32.2 Å². The third-order valence-electron chi connectivity index (χ3n) is 5.46. The van der Waals surface area contributed by atoms with Gasteiger partial charge in [-0.2, -0.15) is 0 Å². The number of imide groups is 4. The van der Waals surface area contributed by atoms with Crippen LogP contribution in [0, 0.1) is 0 Å². The van der Waals surface area contributed by atoms with Gasteiger partial charge in [0.2, 0.25) is 0 Å². The van der Waals surface area contributed by atoms with Gasteiger partial charge in [-0.1, -0.05) is 46.4 Å². The van der Waals surface area contributed by atoms with Crippen LogP contribution in [-0.4, -0.2) is 70.9 Å². The van der Waals surface area contributed by atoms with Crippen molar-refractivity contribution in [3.05, 3.63) is 56.5 Å². The van der Waals surface area contributed by atoms with Crippen molar-refractivity contribution in [3.8, 4) is 0 Å². The lowest BCUT2D eigenvalue weighted by Crippen LogP contribution is -2.45. The Bertz CT molecular complexity index is 1300. The minimum absolute atomic E-state index is 0.143. The maximum absolute atomic E-state index is 12.2. The fraction of sp³-hybridized carbons (Fsp3) is 0.308. The highest BCUT2D eigenvalue weighted by atomic mass is 35.5. The number of hydrogen-bond donors (Lipinski definition) is 2. The van der Waals surface area contributed by atoms with E-state index in [1.165, 1.54) is 36.4 Å². The molecule has 4 rings (SSSR count). The van der Waals surface area contributed by atoms with Crippen LogP contribution in [0.5, 0.6) is 0 Å². The summed E-state index contributed by atoms with van der Waals surface area (Å²) in [4.78, 5) is 75.7. The average Bonchev–Trinajstić information content (AvgIpc) is 3.31. The van der Waals surface area contributed by atoms with Crippen molar-refractivity contribution >= 4 is 93.7 Å².